The highest BCUT2D eigenvalue weighted by Crippen LogP contribution is 2.13. The predicted molar refractivity (Wildman–Crippen MR) is 82.2 cm³/mol. The summed E-state index contributed by atoms with van der Waals surface area (Å²) in [5, 5.41) is 0. The molecule has 0 bridgehead atoms. The topological polar surface area (TPSA) is 86.8 Å². The zero-order valence-electron chi connectivity index (χ0n) is 12.9. The van der Waals surface area contributed by atoms with E-state index in [0.29, 0.717) is 26.1 Å². The van der Waals surface area contributed by atoms with Crippen LogP contribution >= 0.6 is 0 Å². The van der Waals surface area contributed by atoms with E-state index < -0.39 is 16.1 Å². The maximum atomic E-state index is 12.1. The Balaban J connectivity index is 1.89. The van der Waals surface area contributed by atoms with Crippen molar-refractivity contribution in [1.29, 1.82) is 0 Å². The summed E-state index contributed by atoms with van der Waals surface area (Å²) in [6.07, 6.45) is 6.86. The molecule has 0 aromatic carbocycles. The lowest BCUT2D eigenvalue weighted by atomic mass is 10.1. The van der Waals surface area contributed by atoms with Gasteiger partial charge in [0.1, 0.15) is 6.54 Å². The fourth-order valence-corrected chi connectivity index (χ4v) is 4.12. The second-order valence-electron chi connectivity index (χ2n) is 5.97. The van der Waals surface area contributed by atoms with Crippen LogP contribution in [0.5, 0.6) is 0 Å². The van der Waals surface area contributed by atoms with E-state index >= 15 is 0 Å². The lowest BCUT2D eigenvalue weighted by Crippen LogP contribution is -2.49. The lowest BCUT2D eigenvalue weighted by molar-refractivity contribution is -0.136. The van der Waals surface area contributed by atoms with Crippen molar-refractivity contribution in [3.05, 3.63) is 0 Å². The first-order valence-electron chi connectivity index (χ1n) is 8.07. The highest BCUT2D eigenvalue weighted by Gasteiger charge is 2.27. The number of amides is 2. The molecule has 7 nitrogen and oxygen atoms in total. The third-order valence-corrected chi connectivity index (χ3v) is 5.68. The molecule has 2 amide bonds. The van der Waals surface area contributed by atoms with Gasteiger partial charge in [0.15, 0.2) is 0 Å². The summed E-state index contributed by atoms with van der Waals surface area (Å²) >= 11 is 0. The Labute approximate surface area is 132 Å². The van der Waals surface area contributed by atoms with Gasteiger partial charge in [0.2, 0.25) is 5.91 Å². The summed E-state index contributed by atoms with van der Waals surface area (Å²) in [6.45, 7) is 1.25. The number of carbonyl (C=O) groups is 2. The van der Waals surface area contributed by atoms with Gasteiger partial charge in [0.25, 0.3) is 5.91 Å². The van der Waals surface area contributed by atoms with Gasteiger partial charge in [0.05, 0.1) is 0 Å². The molecular formula is C14H25N3O4S. The van der Waals surface area contributed by atoms with Crippen LogP contribution in [0.4, 0.5) is 0 Å². The Morgan fingerprint density at radius 1 is 0.955 bits per heavy atom. The molecule has 8 heteroatoms. The highest BCUT2D eigenvalue weighted by atomic mass is 32.2. The van der Waals surface area contributed by atoms with Gasteiger partial charge >= 0.3 is 10.2 Å². The fraction of sp³-hybridized carbons (Fsp3) is 0.857. The molecule has 2 rings (SSSR count). The predicted octanol–water partition coefficient (Wildman–Crippen LogP) is 0.626. The molecule has 0 atom stereocenters. The zero-order valence-corrected chi connectivity index (χ0v) is 13.7. The molecule has 0 aromatic rings. The van der Waals surface area contributed by atoms with E-state index in [-0.39, 0.29) is 12.5 Å². The molecule has 126 valence electrons. The molecule has 2 aliphatic heterocycles. The number of likely N-dealkylation sites (tertiary alicyclic amines) is 1. The molecule has 1 N–H and O–H groups in total. The smallest absolute Gasteiger partial charge is 0.303 e. The quantitative estimate of drug-likeness (QED) is 0.818. The monoisotopic (exact) mass is 331 g/mol. The van der Waals surface area contributed by atoms with Crippen LogP contribution in [0.3, 0.4) is 0 Å². The normalized spacial score (nSPS) is 22.0. The van der Waals surface area contributed by atoms with Crippen molar-refractivity contribution < 1.29 is 18.0 Å². The molecule has 0 aliphatic carbocycles. The first kappa shape index (κ1) is 17.2. The van der Waals surface area contributed by atoms with Crippen LogP contribution in [0, 0.1) is 0 Å². The zero-order chi connectivity index (χ0) is 16.0. The SMILES string of the molecule is O=C(CN1CCCCCCC1=O)NS(=O)(=O)N1CCCCC1. The van der Waals surface area contributed by atoms with Crippen molar-refractivity contribution in [1.82, 2.24) is 13.9 Å². The third-order valence-electron chi connectivity index (χ3n) is 4.15. The van der Waals surface area contributed by atoms with E-state index in [1.807, 2.05) is 0 Å². The largest absolute Gasteiger partial charge is 0.333 e. The summed E-state index contributed by atoms with van der Waals surface area (Å²) < 4.78 is 27.7. The Morgan fingerprint density at radius 3 is 2.27 bits per heavy atom. The molecular weight excluding hydrogens is 306 g/mol. The second-order valence-corrected chi connectivity index (χ2v) is 7.64. The molecule has 2 heterocycles. The van der Waals surface area contributed by atoms with E-state index in [1.165, 1.54) is 9.21 Å². The molecule has 0 aromatic heterocycles. The highest BCUT2D eigenvalue weighted by molar-refractivity contribution is 7.87. The van der Waals surface area contributed by atoms with E-state index in [2.05, 4.69) is 4.72 Å². The van der Waals surface area contributed by atoms with E-state index in [1.54, 1.807) is 0 Å². The minimum absolute atomic E-state index is 0.0646. The number of piperidine rings is 1. The average Bonchev–Trinajstić information content (AvgIpc) is 2.47. The Morgan fingerprint density at radius 2 is 1.55 bits per heavy atom. The molecule has 0 unspecified atom stereocenters. The van der Waals surface area contributed by atoms with Crippen LogP contribution in [-0.4, -0.2) is 55.6 Å². The van der Waals surface area contributed by atoms with Crippen molar-refractivity contribution in [2.45, 2.75) is 51.4 Å². The van der Waals surface area contributed by atoms with Crippen molar-refractivity contribution in [2.75, 3.05) is 26.2 Å². The van der Waals surface area contributed by atoms with Crippen LogP contribution in [0.1, 0.15) is 51.4 Å². The van der Waals surface area contributed by atoms with Gasteiger partial charge in [-0.05, 0) is 25.7 Å². The summed E-state index contributed by atoms with van der Waals surface area (Å²) in [4.78, 5) is 25.4. The van der Waals surface area contributed by atoms with E-state index in [9.17, 15) is 18.0 Å². The first-order valence-corrected chi connectivity index (χ1v) is 9.51. The number of nitrogens with one attached hydrogen (secondary N) is 1. The van der Waals surface area contributed by atoms with E-state index in [0.717, 1.165) is 44.9 Å². The minimum Gasteiger partial charge on any atom is -0.333 e. The maximum absolute atomic E-state index is 12.1. The summed E-state index contributed by atoms with van der Waals surface area (Å²) in [5.74, 6) is -0.690. The van der Waals surface area contributed by atoms with Gasteiger partial charge < -0.3 is 4.90 Å². The molecule has 22 heavy (non-hydrogen) atoms. The number of nitrogens with zero attached hydrogens (tertiary/aromatic N) is 2. The van der Waals surface area contributed by atoms with Crippen molar-refractivity contribution in [2.24, 2.45) is 0 Å². The van der Waals surface area contributed by atoms with Crippen LogP contribution in [0.2, 0.25) is 0 Å². The number of carbonyl (C=O) groups excluding carboxylic acids is 2. The van der Waals surface area contributed by atoms with Gasteiger partial charge in [-0.2, -0.15) is 12.7 Å². The van der Waals surface area contributed by atoms with Gasteiger partial charge in [-0.15, -0.1) is 0 Å². The number of hydrogen-bond donors (Lipinski definition) is 1. The second kappa shape index (κ2) is 7.92. The van der Waals surface area contributed by atoms with Gasteiger partial charge in [-0.1, -0.05) is 19.3 Å². The Bertz CT molecular complexity index is 500. The fourth-order valence-electron chi connectivity index (χ4n) is 2.90. The molecule has 2 aliphatic rings. The lowest BCUT2D eigenvalue weighted by Gasteiger charge is -2.27. The van der Waals surface area contributed by atoms with Crippen molar-refractivity contribution in [3.63, 3.8) is 0 Å². The summed E-state index contributed by atoms with van der Waals surface area (Å²) in [7, 11) is -3.77. The van der Waals surface area contributed by atoms with Crippen LogP contribution in [0.15, 0.2) is 0 Å². The first-order chi connectivity index (χ1) is 10.5. The molecule has 2 fully saturated rings. The van der Waals surface area contributed by atoms with Crippen molar-refractivity contribution in [3.8, 4) is 0 Å². The van der Waals surface area contributed by atoms with Crippen LogP contribution < -0.4 is 4.72 Å². The number of rotatable bonds is 4. The van der Waals surface area contributed by atoms with Gasteiger partial charge in [-0.25, -0.2) is 4.72 Å². The molecule has 0 spiro atoms. The summed E-state index contributed by atoms with van der Waals surface area (Å²) in [6, 6.07) is 0. The molecule has 0 radical (unpaired) electrons. The maximum Gasteiger partial charge on any atom is 0.303 e. The minimum atomic E-state index is -3.77. The summed E-state index contributed by atoms with van der Waals surface area (Å²) in [5.41, 5.74) is 0. The third kappa shape index (κ3) is 4.95. The molecule has 2 saturated heterocycles. The standard InChI is InChI=1S/C14H25N3O4S/c18-13(12-16-9-5-2-1-4-8-14(16)19)15-22(20,21)17-10-6-3-7-11-17/h1-12H2,(H,15,18). The molecule has 0 saturated carbocycles. The van der Waals surface area contributed by atoms with E-state index in [4.69, 9.17) is 0 Å². The average molecular weight is 331 g/mol. The van der Waals surface area contributed by atoms with Gasteiger partial charge in [0, 0.05) is 26.1 Å². The van der Waals surface area contributed by atoms with Crippen molar-refractivity contribution >= 4 is 22.0 Å². The number of hydrogen-bond acceptors (Lipinski definition) is 4. The van der Waals surface area contributed by atoms with Crippen LogP contribution in [0.25, 0.3) is 0 Å². The van der Waals surface area contributed by atoms with Gasteiger partial charge in [-0.3, -0.25) is 9.59 Å². The Hall–Kier alpha value is -1.15. The Kier molecular flexibility index (Phi) is 6.19. The van der Waals surface area contributed by atoms with Crippen LogP contribution in [-0.2, 0) is 19.8 Å².